The van der Waals surface area contributed by atoms with E-state index in [4.69, 9.17) is 0 Å². The highest BCUT2D eigenvalue weighted by atomic mass is 32.2. The molecule has 0 radical (unpaired) electrons. The zero-order chi connectivity index (χ0) is 15.5. The Morgan fingerprint density at radius 1 is 1.05 bits per heavy atom. The first kappa shape index (κ1) is 15.5. The van der Waals surface area contributed by atoms with Crippen molar-refractivity contribution in [2.24, 2.45) is 0 Å². The molecule has 0 aliphatic heterocycles. The van der Waals surface area contributed by atoms with E-state index in [0.29, 0.717) is 0 Å². The zero-order valence-electron chi connectivity index (χ0n) is 12.4. The molecule has 0 aromatic heterocycles. The van der Waals surface area contributed by atoms with Crippen LogP contribution in [-0.4, -0.2) is 15.5 Å². The third kappa shape index (κ3) is 3.83. The van der Waals surface area contributed by atoms with Gasteiger partial charge in [-0.25, -0.2) is 13.1 Å². The molecule has 2 aromatic carbocycles. The van der Waals surface area contributed by atoms with Crippen LogP contribution in [0.3, 0.4) is 0 Å². The highest BCUT2D eigenvalue weighted by Gasteiger charge is 2.13. The summed E-state index contributed by atoms with van der Waals surface area (Å²) in [6.45, 7) is 4.05. The molecule has 0 bridgehead atoms. The average molecular weight is 304 g/mol. The van der Waals surface area contributed by atoms with Gasteiger partial charge >= 0.3 is 0 Å². The molecule has 0 saturated carbocycles. The first-order valence-corrected chi connectivity index (χ1v) is 8.27. The van der Waals surface area contributed by atoms with Crippen LogP contribution in [0.25, 0.3) is 0 Å². The third-order valence-corrected chi connectivity index (χ3v) is 4.78. The van der Waals surface area contributed by atoms with Gasteiger partial charge in [-0.3, -0.25) is 0 Å². The second-order valence-corrected chi connectivity index (χ2v) is 6.90. The minimum absolute atomic E-state index is 0.0136. The van der Waals surface area contributed by atoms with Crippen LogP contribution in [0.15, 0.2) is 53.4 Å². The molecule has 0 amide bonds. The van der Waals surface area contributed by atoms with E-state index in [9.17, 15) is 8.42 Å². The predicted molar refractivity (Wildman–Crippen MR) is 85.9 cm³/mol. The standard InChI is InChI=1S/C16H20N2O2S/c1-12-7-9-15(10-8-12)18-13(2)14-5-4-6-16(11-14)21(19,20)17-3/h4-11,13,17-18H,1-3H3/t13-/m1/s1. The Balaban J connectivity index is 2.21. The molecule has 0 aliphatic carbocycles. The van der Waals surface area contributed by atoms with Crippen molar-refractivity contribution in [3.8, 4) is 0 Å². The van der Waals surface area contributed by atoms with E-state index in [1.807, 2.05) is 44.2 Å². The van der Waals surface area contributed by atoms with Gasteiger partial charge in [-0.05, 0) is 50.7 Å². The van der Waals surface area contributed by atoms with E-state index in [1.54, 1.807) is 18.2 Å². The first-order chi connectivity index (χ1) is 9.92. The topological polar surface area (TPSA) is 58.2 Å². The van der Waals surface area contributed by atoms with Crippen LogP contribution in [-0.2, 0) is 10.0 Å². The number of anilines is 1. The molecule has 0 saturated heterocycles. The Bertz CT molecular complexity index is 709. The van der Waals surface area contributed by atoms with Gasteiger partial charge in [0.05, 0.1) is 4.90 Å². The molecule has 2 rings (SSSR count). The molecule has 0 heterocycles. The molecule has 2 N–H and O–H groups in total. The van der Waals surface area contributed by atoms with Gasteiger partial charge in [-0.15, -0.1) is 0 Å². The fourth-order valence-electron chi connectivity index (χ4n) is 2.05. The monoisotopic (exact) mass is 304 g/mol. The van der Waals surface area contributed by atoms with Crippen molar-refractivity contribution >= 4 is 15.7 Å². The summed E-state index contributed by atoms with van der Waals surface area (Å²) >= 11 is 0. The number of rotatable bonds is 5. The zero-order valence-corrected chi connectivity index (χ0v) is 13.2. The third-order valence-electron chi connectivity index (χ3n) is 3.37. The maximum Gasteiger partial charge on any atom is 0.240 e. The fourth-order valence-corrected chi connectivity index (χ4v) is 2.84. The molecular weight excluding hydrogens is 284 g/mol. The number of sulfonamides is 1. The summed E-state index contributed by atoms with van der Waals surface area (Å²) in [7, 11) is -2.00. The lowest BCUT2D eigenvalue weighted by molar-refractivity contribution is 0.588. The van der Waals surface area contributed by atoms with E-state index in [0.717, 1.165) is 11.3 Å². The van der Waals surface area contributed by atoms with E-state index >= 15 is 0 Å². The Morgan fingerprint density at radius 2 is 1.71 bits per heavy atom. The van der Waals surface area contributed by atoms with E-state index in [1.165, 1.54) is 12.6 Å². The Kier molecular flexibility index (Phi) is 4.65. The Morgan fingerprint density at radius 3 is 2.33 bits per heavy atom. The van der Waals surface area contributed by atoms with Crippen LogP contribution < -0.4 is 10.0 Å². The van der Waals surface area contributed by atoms with Crippen molar-refractivity contribution in [3.63, 3.8) is 0 Å². The lowest BCUT2D eigenvalue weighted by Crippen LogP contribution is -2.19. The average Bonchev–Trinajstić information content (AvgIpc) is 2.49. The van der Waals surface area contributed by atoms with Crippen molar-refractivity contribution in [2.45, 2.75) is 24.8 Å². The molecule has 1 atom stereocenters. The van der Waals surface area contributed by atoms with Gasteiger partial charge in [0.15, 0.2) is 0 Å². The van der Waals surface area contributed by atoms with Gasteiger partial charge in [0.2, 0.25) is 10.0 Å². The minimum Gasteiger partial charge on any atom is -0.379 e. The van der Waals surface area contributed by atoms with Crippen LogP contribution in [0, 0.1) is 6.92 Å². The van der Waals surface area contributed by atoms with Gasteiger partial charge < -0.3 is 5.32 Å². The van der Waals surface area contributed by atoms with E-state index in [-0.39, 0.29) is 10.9 Å². The van der Waals surface area contributed by atoms with Crippen LogP contribution in [0.5, 0.6) is 0 Å². The Labute approximate surface area is 126 Å². The van der Waals surface area contributed by atoms with Gasteiger partial charge in [-0.2, -0.15) is 0 Å². The molecule has 0 unspecified atom stereocenters. The van der Waals surface area contributed by atoms with Crippen molar-refractivity contribution in [3.05, 3.63) is 59.7 Å². The molecule has 0 aliphatic rings. The van der Waals surface area contributed by atoms with Gasteiger partial charge in [0.1, 0.15) is 0 Å². The predicted octanol–water partition coefficient (Wildman–Crippen LogP) is 3.08. The van der Waals surface area contributed by atoms with Crippen LogP contribution in [0.1, 0.15) is 24.1 Å². The lowest BCUT2D eigenvalue weighted by Gasteiger charge is -2.16. The molecule has 112 valence electrons. The molecule has 21 heavy (non-hydrogen) atoms. The highest BCUT2D eigenvalue weighted by molar-refractivity contribution is 7.89. The molecule has 0 fully saturated rings. The Hall–Kier alpha value is -1.85. The number of benzene rings is 2. The highest BCUT2D eigenvalue weighted by Crippen LogP contribution is 2.21. The van der Waals surface area contributed by atoms with Crippen LogP contribution in [0.2, 0.25) is 0 Å². The minimum atomic E-state index is -3.41. The molecule has 4 nitrogen and oxygen atoms in total. The maximum atomic E-state index is 11.8. The smallest absolute Gasteiger partial charge is 0.240 e. The molecule has 5 heteroatoms. The quantitative estimate of drug-likeness (QED) is 0.892. The van der Waals surface area contributed by atoms with Crippen molar-refractivity contribution < 1.29 is 8.42 Å². The van der Waals surface area contributed by atoms with E-state index in [2.05, 4.69) is 10.0 Å². The number of hydrogen-bond donors (Lipinski definition) is 2. The summed E-state index contributed by atoms with van der Waals surface area (Å²) in [6.07, 6.45) is 0. The summed E-state index contributed by atoms with van der Waals surface area (Å²) in [6, 6.07) is 15.1. The number of aryl methyl sites for hydroxylation is 1. The normalized spacial score (nSPS) is 12.9. The van der Waals surface area contributed by atoms with Crippen LogP contribution >= 0.6 is 0 Å². The van der Waals surface area contributed by atoms with Crippen LogP contribution in [0.4, 0.5) is 5.69 Å². The summed E-state index contributed by atoms with van der Waals surface area (Å²) in [5, 5.41) is 3.37. The largest absolute Gasteiger partial charge is 0.379 e. The summed E-state index contributed by atoms with van der Waals surface area (Å²) in [5.74, 6) is 0. The number of nitrogens with one attached hydrogen (secondary N) is 2. The van der Waals surface area contributed by atoms with Crippen molar-refractivity contribution in [2.75, 3.05) is 12.4 Å². The summed E-state index contributed by atoms with van der Waals surface area (Å²) in [5.41, 5.74) is 3.14. The number of hydrogen-bond acceptors (Lipinski definition) is 3. The van der Waals surface area contributed by atoms with E-state index < -0.39 is 10.0 Å². The van der Waals surface area contributed by atoms with Gasteiger partial charge in [-0.1, -0.05) is 29.8 Å². The fraction of sp³-hybridized carbons (Fsp3) is 0.250. The molecule has 0 spiro atoms. The van der Waals surface area contributed by atoms with Gasteiger partial charge in [0, 0.05) is 11.7 Å². The second kappa shape index (κ2) is 6.28. The van der Waals surface area contributed by atoms with Gasteiger partial charge in [0.25, 0.3) is 0 Å². The first-order valence-electron chi connectivity index (χ1n) is 6.79. The second-order valence-electron chi connectivity index (χ2n) is 5.01. The SMILES string of the molecule is CNS(=O)(=O)c1cccc([C@@H](C)Nc2ccc(C)cc2)c1. The molecule has 2 aromatic rings. The summed E-state index contributed by atoms with van der Waals surface area (Å²) in [4.78, 5) is 0.278. The summed E-state index contributed by atoms with van der Waals surface area (Å²) < 4.78 is 26.0. The van der Waals surface area contributed by atoms with Crippen molar-refractivity contribution in [1.82, 2.24) is 4.72 Å². The molecular formula is C16H20N2O2S. The lowest BCUT2D eigenvalue weighted by atomic mass is 10.1. The maximum absolute atomic E-state index is 11.8. The van der Waals surface area contributed by atoms with Crippen molar-refractivity contribution in [1.29, 1.82) is 0 Å².